The van der Waals surface area contributed by atoms with Crippen molar-refractivity contribution < 1.29 is 23.1 Å². The van der Waals surface area contributed by atoms with Crippen molar-refractivity contribution in [3.05, 3.63) is 30.1 Å². The number of alkyl halides is 3. The van der Waals surface area contributed by atoms with Gasteiger partial charge in [-0.25, -0.2) is 0 Å². The minimum atomic E-state index is -4.99. The van der Waals surface area contributed by atoms with Crippen molar-refractivity contribution in [3.63, 3.8) is 0 Å². The summed E-state index contributed by atoms with van der Waals surface area (Å²) in [5.74, 6) is -2.20. The maximum atomic E-state index is 13.5. The largest absolute Gasteiger partial charge is 0.439 e. The Morgan fingerprint density at radius 3 is 2.82 bits per heavy atom. The van der Waals surface area contributed by atoms with Crippen LogP contribution in [0.15, 0.2) is 29.6 Å². The van der Waals surface area contributed by atoms with Gasteiger partial charge < -0.3 is 5.11 Å². The van der Waals surface area contributed by atoms with Crippen molar-refractivity contribution in [2.75, 3.05) is 0 Å². The maximum absolute atomic E-state index is 13.5. The first-order chi connectivity index (χ1) is 10.4. The molecule has 8 heteroatoms. The third-order valence-corrected chi connectivity index (χ3v) is 4.13. The first-order valence-corrected chi connectivity index (χ1v) is 6.97. The van der Waals surface area contributed by atoms with Crippen LogP contribution in [0.1, 0.15) is 36.0 Å². The molecule has 1 N–H and O–H groups in total. The molecular weight excluding hydrogens is 299 g/mol. The lowest BCUT2D eigenvalue weighted by molar-refractivity contribution is -0.312. The second-order valence-corrected chi connectivity index (χ2v) is 5.47. The second-order valence-electron chi connectivity index (χ2n) is 5.47. The molecular formula is C14H14F3N3O2. The van der Waals surface area contributed by atoms with Gasteiger partial charge in [-0.3, -0.25) is 9.78 Å². The average molecular weight is 313 g/mol. The number of aliphatic hydroxyl groups is 1. The number of halogens is 3. The Morgan fingerprint density at radius 1 is 1.41 bits per heavy atom. The van der Waals surface area contributed by atoms with Crippen LogP contribution >= 0.6 is 0 Å². The fraction of sp³-hybridized carbons (Fsp3) is 0.500. The number of rotatable bonds is 1. The normalized spacial score (nSPS) is 28.3. The SMILES string of the molecule is O=C(c1cccnc1)N1N=C2CCCC[C@@H]2[C@@]1(O)C(F)(F)F. The second kappa shape index (κ2) is 5.05. The van der Waals surface area contributed by atoms with E-state index in [1.54, 1.807) is 0 Å². The van der Waals surface area contributed by atoms with Crippen LogP contribution in [0.5, 0.6) is 0 Å². The predicted molar refractivity (Wildman–Crippen MR) is 70.8 cm³/mol. The summed E-state index contributed by atoms with van der Waals surface area (Å²) >= 11 is 0. The molecule has 1 aliphatic heterocycles. The molecule has 1 amide bonds. The van der Waals surface area contributed by atoms with Gasteiger partial charge in [-0.15, -0.1) is 0 Å². The van der Waals surface area contributed by atoms with Crippen LogP contribution in [0, 0.1) is 5.92 Å². The zero-order valence-electron chi connectivity index (χ0n) is 11.5. The summed E-state index contributed by atoms with van der Waals surface area (Å²) in [6.45, 7) is 0. The average Bonchev–Trinajstić information content (AvgIpc) is 2.82. The van der Waals surface area contributed by atoms with E-state index in [1.807, 2.05) is 0 Å². The molecule has 22 heavy (non-hydrogen) atoms. The minimum Gasteiger partial charge on any atom is -0.362 e. The van der Waals surface area contributed by atoms with E-state index in [0.29, 0.717) is 19.3 Å². The summed E-state index contributed by atoms with van der Waals surface area (Å²) in [5, 5.41) is 14.4. The Labute approximate surface area is 124 Å². The smallest absolute Gasteiger partial charge is 0.362 e. The number of hydrazone groups is 1. The number of nitrogens with zero attached hydrogens (tertiary/aromatic N) is 3. The van der Waals surface area contributed by atoms with E-state index >= 15 is 0 Å². The third kappa shape index (κ3) is 2.09. The van der Waals surface area contributed by atoms with Crippen LogP contribution in [-0.4, -0.2) is 38.6 Å². The van der Waals surface area contributed by atoms with Gasteiger partial charge in [-0.2, -0.15) is 23.3 Å². The molecule has 0 bridgehead atoms. The number of fused-ring (bicyclic) bond motifs is 1. The molecule has 1 aromatic rings. The number of amides is 1. The molecule has 5 nitrogen and oxygen atoms in total. The highest BCUT2D eigenvalue weighted by Gasteiger charge is 2.68. The predicted octanol–water partition coefficient (Wildman–Crippen LogP) is 2.33. The molecule has 0 unspecified atom stereocenters. The number of carbonyl (C=O) groups is 1. The lowest BCUT2D eigenvalue weighted by atomic mass is 9.80. The molecule has 1 aliphatic carbocycles. The van der Waals surface area contributed by atoms with Crippen molar-refractivity contribution in [2.24, 2.45) is 11.0 Å². The molecule has 0 aromatic carbocycles. The van der Waals surface area contributed by atoms with Gasteiger partial charge in [0.05, 0.1) is 11.5 Å². The summed E-state index contributed by atoms with van der Waals surface area (Å²) in [7, 11) is 0. The van der Waals surface area contributed by atoms with E-state index in [1.165, 1.54) is 18.3 Å². The molecule has 0 spiro atoms. The highest BCUT2D eigenvalue weighted by atomic mass is 19.4. The Morgan fingerprint density at radius 2 is 2.18 bits per heavy atom. The van der Waals surface area contributed by atoms with E-state index < -0.39 is 23.7 Å². The van der Waals surface area contributed by atoms with E-state index in [-0.39, 0.29) is 22.7 Å². The molecule has 2 heterocycles. The Bertz CT molecular complexity index is 618. The van der Waals surface area contributed by atoms with Crippen molar-refractivity contribution in [1.29, 1.82) is 0 Å². The number of hydrogen-bond donors (Lipinski definition) is 1. The van der Waals surface area contributed by atoms with Crippen LogP contribution in [-0.2, 0) is 0 Å². The summed E-state index contributed by atoms with van der Waals surface area (Å²) in [6, 6.07) is 2.78. The van der Waals surface area contributed by atoms with Crippen molar-refractivity contribution in [3.8, 4) is 0 Å². The molecule has 0 saturated heterocycles. The Kier molecular flexibility index (Phi) is 3.43. The van der Waals surface area contributed by atoms with Crippen LogP contribution in [0.4, 0.5) is 13.2 Å². The molecule has 0 radical (unpaired) electrons. The number of pyridine rings is 1. The minimum absolute atomic E-state index is 0.0480. The summed E-state index contributed by atoms with van der Waals surface area (Å²) in [5.41, 5.74) is -3.09. The van der Waals surface area contributed by atoms with Gasteiger partial charge in [0.15, 0.2) is 0 Å². The molecule has 2 aliphatic rings. The number of hydrogen-bond acceptors (Lipinski definition) is 4. The fourth-order valence-corrected chi connectivity index (χ4v) is 3.03. The molecule has 118 valence electrons. The molecule has 1 fully saturated rings. The fourth-order valence-electron chi connectivity index (χ4n) is 3.03. The van der Waals surface area contributed by atoms with Gasteiger partial charge in [0.1, 0.15) is 0 Å². The molecule has 3 rings (SSSR count). The molecule has 2 atom stereocenters. The van der Waals surface area contributed by atoms with Crippen LogP contribution in [0.3, 0.4) is 0 Å². The molecule has 1 saturated carbocycles. The monoisotopic (exact) mass is 313 g/mol. The first kappa shape index (κ1) is 15.0. The van der Waals surface area contributed by atoms with Gasteiger partial charge in [0, 0.05) is 18.1 Å². The van der Waals surface area contributed by atoms with Crippen LogP contribution in [0.25, 0.3) is 0 Å². The van der Waals surface area contributed by atoms with Crippen LogP contribution in [0.2, 0.25) is 0 Å². The van der Waals surface area contributed by atoms with E-state index in [4.69, 9.17) is 0 Å². The van der Waals surface area contributed by atoms with Gasteiger partial charge in [-0.1, -0.05) is 6.42 Å². The van der Waals surface area contributed by atoms with Crippen LogP contribution < -0.4 is 0 Å². The number of carbonyl (C=O) groups excluding carboxylic acids is 1. The zero-order valence-corrected chi connectivity index (χ0v) is 11.5. The Hall–Kier alpha value is -1.96. The number of aromatic nitrogens is 1. The highest BCUT2D eigenvalue weighted by molar-refractivity contribution is 5.99. The third-order valence-electron chi connectivity index (χ3n) is 4.13. The zero-order chi connectivity index (χ0) is 16.0. The first-order valence-electron chi connectivity index (χ1n) is 6.97. The van der Waals surface area contributed by atoms with Gasteiger partial charge in [0.2, 0.25) is 0 Å². The standard InChI is InChI=1S/C14H14F3N3O2/c15-14(16,17)13(22)10-5-1-2-6-11(10)19-20(13)12(21)9-4-3-7-18-8-9/h3-4,7-8,10,22H,1-2,5-6H2/t10-,13+/m0/s1. The maximum Gasteiger partial charge on any atom is 0.439 e. The summed E-state index contributed by atoms with van der Waals surface area (Å²) in [4.78, 5) is 16.1. The van der Waals surface area contributed by atoms with Crippen molar-refractivity contribution >= 4 is 11.6 Å². The Balaban J connectivity index is 2.04. The summed E-state index contributed by atoms with van der Waals surface area (Å²) < 4.78 is 40.5. The van der Waals surface area contributed by atoms with Gasteiger partial charge in [0.25, 0.3) is 11.6 Å². The van der Waals surface area contributed by atoms with Gasteiger partial charge in [-0.05, 0) is 31.4 Å². The quantitative estimate of drug-likeness (QED) is 0.865. The molecule has 1 aromatic heterocycles. The summed E-state index contributed by atoms with van der Waals surface area (Å²) in [6.07, 6.45) is -0.636. The lowest BCUT2D eigenvalue weighted by Gasteiger charge is -2.38. The van der Waals surface area contributed by atoms with Gasteiger partial charge >= 0.3 is 6.18 Å². The van der Waals surface area contributed by atoms with Crippen molar-refractivity contribution in [1.82, 2.24) is 9.99 Å². The van der Waals surface area contributed by atoms with Crippen molar-refractivity contribution in [2.45, 2.75) is 37.6 Å². The van der Waals surface area contributed by atoms with E-state index in [0.717, 1.165) is 6.20 Å². The van der Waals surface area contributed by atoms with E-state index in [9.17, 15) is 23.1 Å². The topological polar surface area (TPSA) is 65.8 Å². The highest BCUT2D eigenvalue weighted by Crippen LogP contribution is 2.48. The van der Waals surface area contributed by atoms with E-state index in [2.05, 4.69) is 10.1 Å². The lowest BCUT2D eigenvalue weighted by Crippen LogP contribution is -2.61.